The maximum atomic E-state index is 11.9. The number of nitro groups is 1. The quantitative estimate of drug-likeness (QED) is 0.641. The second-order valence-electron chi connectivity index (χ2n) is 4.73. The van der Waals surface area contributed by atoms with Crippen LogP contribution in [0.25, 0.3) is 0 Å². The van der Waals surface area contributed by atoms with Crippen molar-refractivity contribution in [1.82, 2.24) is 5.32 Å². The summed E-state index contributed by atoms with van der Waals surface area (Å²) < 4.78 is 0. The molecule has 8 heteroatoms. The SMILES string of the molecule is O=C(CSC1CCNCC1)Nc1cc(Cl)ccc1[N+](=O)[O-]. The molecule has 1 saturated heterocycles. The number of anilines is 1. The average Bonchev–Trinajstić information content (AvgIpc) is 2.46. The van der Waals surface area contributed by atoms with Crippen LogP contribution in [0.15, 0.2) is 18.2 Å². The molecular weight excluding hydrogens is 314 g/mol. The summed E-state index contributed by atoms with van der Waals surface area (Å²) in [5.41, 5.74) is -0.0111. The van der Waals surface area contributed by atoms with Crippen molar-refractivity contribution in [3.8, 4) is 0 Å². The maximum Gasteiger partial charge on any atom is 0.292 e. The molecule has 114 valence electrons. The highest BCUT2D eigenvalue weighted by atomic mass is 35.5. The van der Waals surface area contributed by atoms with E-state index in [4.69, 9.17) is 11.6 Å². The molecule has 0 atom stereocenters. The minimum atomic E-state index is -0.536. The third-order valence-electron chi connectivity index (χ3n) is 3.17. The predicted molar refractivity (Wildman–Crippen MR) is 85.1 cm³/mol. The van der Waals surface area contributed by atoms with Gasteiger partial charge in [0.05, 0.1) is 10.7 Å². The number of nitro benzene ring substituents is 1. The molecule has 0 radical (unpaired) electrons. The van der Waals surface area contributed by atoms with Gasteiger partial charge in [-0.2, -0.15) is 0 Å². The molecule has 6 nitrogen and oxygen atoms in total. The standard InChI is InChI=1S/C13H16ClN3O3S/c14-9-1-2-12(17(19)20)11(7-9)16-13(18)8-21-10-3-5-15-6-4-10/h1-2,7,10,15H,3-6,8H2,(H,16,18). The number of carbonyl (C=O) groups is 1. The van der Waals surface area contributed by atoms with Crippen molar-refractivity contribution >= 4 is 40.6 Å². The minimum absolute atomic E-state index is 0.142. The van der Waals surface area contributed by atoms with Gasteiger partial charge >= 0.3 is 0 Å². The van der Waals surface area contributed by atoms with Crippen LogP contribution in [0.5, 0.6) is 0 Å². The molecule has 1 aliphatic rings. The molecule has 0 aliphatic carbocycles. The van der Waals surface area contributed by atoms with Crippen molar-refractivity contribution in [2.24, 2.45) is 0 Å². The van der Waals surface area contributed by atoms with E-state index in [1.165, 1.54) is 18.2 Å². The van der Waals surface area contributed by atoms with Gasteiger partial charge in [0, 0.05) is 16.3 Å². The molecule has 1 aromatic rings. The Kier molecular flexibility index (Phi) is 5.84. The lowest BCUT2D eigenvalue weighted by atomic mass is 10.2. The van der Waals surface area contributed by atoms with Gasteiger partial charge in [-0.05, 0) is 38.1 Å². The van der Waals surface area contributed by atoms with Gasteiger partial charge in [0.2, 0.25) is 5.91 Å². The monoisotopic (exact) mass is 329 g/mol. The molecule has 2 rings (SSSR count). The molecule has 1 amide bonds. The van der Waals surface area contributed by atoms with E-state index in [1.54, 1.807) is 11.8 Å². The fraction of sp³-hybridized carbons (Fsp3) is 0.462. The van der Waals surface area contributed by atoms with E-state index in [2.05, 4.69) is 10.6 Å². The zero-order valence-corrected chi connectivity index (χ0v) is 12.9. The average molecular weight is 330 g/mol. The molecule has 1 heterocycles. The minimum Gasteiger partial charge on any atom is -0.320 e. The molecule has 1 aliphatic heterocycles. The Morgan fingerprint density at radius 1 is 1.48 bits per heavy atom. The Hall–Kier alpha value is -1.31. The number of rotatable bonds is 5. The lowest BCUT2D eigenvalue weighted by Crippen LogP contribution is -2.30. The molecular formula is C13H16ClN3O3S. The number of halogens is 1. The smallest absolute Gasteiger partial charge is 0.292 e. The zero-order valence-electron chi connectivity index (χ0n) is 11.3. The molecule has 1 fully saturated rings. The number of hydrogen-bond donors (Lipinski definition) is 2. The molecule has 0 spiro atoms. The predicted octanol–water partition coefficient (Wildman–Crippen LogP) is 2.67. The van der Waals surface area contributed by atoms with Crippen molar-refractivity contribution in [1.29, 1.82) is 0 Å². The van der Waals surface area contributed by atoms with Crippen molar-refractivity contribution in [2.75, 3.05) is 24.2 Å². The van der Waals surface area contributed by atoms with Crippen LogP contribution < -0.4 is 10.6 Å². The molecule has 0 aromatic heterocycles. The Balaban J connectivity index is 1.92. The van der Waals surface area contributed by atoms with Crippen LogP contribution in [0.4, 0.5) is 11.4 Å². The van der Waals surface area contributed by atoms with Crippen LogP contribution in [0.1, 0.15) is 12.8 Å². The number of thioether (sulfide) groups is 1. The van der Waals surface area contributed by atoms with E-state index in [0.29, 0.717) is 10.3 Å². The van der Waals surface area contributed by atoms with E-state index in [1.807, 2.05) is 0 Å². The van der Waals surface area contributed by atoms with Crippen molar-refractivity contribution < 1.29 is 9.72 Å². The number of benzene rings is 1. The first-order chi connectivity index (χ1) is 10.1. The molecule has 21 heavy (non-hydrogen) atoms. The number of nitrogens with one attached hydrogen (secondary N) is 2. The van der Waals surface area contributed by atoms with Crippen molar-refractivity contribution in [3.05, 3.63) is 33.3 Å². The van der Waals surface area contributed by atoms with E-state index >= 15 is 0 Å². The maximum absolute atomic E-state index is 11.9. The third-order valence-corrected chi connectivity index (χ3v) is 4.77. The summed E-state index contributed by atoms with van der Waals surface area (Å²) in [6.45, 7) is 1.94. The Labute approximate surface area is 131 Å². The Morgan fingerprint density at radius 2 is 2.19 bits per heavy atom. The fourth-order valence-electron chi connectivity index (χ4n) is 2.11. The third kappa shape index (κ3) is 4.87. The van der Waals surface area contributed by atoms with E-state index in [9.17, 15) is 14.9 Å². The van der Waals surface area contributed by atoms with Crippen LogP contribution >= 0.6 is 23.4 Å². The molecule has 0 unspecified atom stereocenters. The van der Waals surface area contributed by atoms with Crippen LogP contribution in [-0.4, -0.2) is 34.9 Å². The summed E-state index contributed by atoms with van der Waals surface area (Å²) in [6, 6.07) is 4.11. The van der Waals surface area contributed by atoms with Crippen molar-refractivity contribution in [3.63, 3.8) is 0 Å². The number of carbonyl (C=O) groups excluding carboxylic acids is 1. The topological polar surface area (TPSA) is 84.3 Å². The molecule has 0 saturated carbocycles. The highest BCUT2D eigenvalue weighted by Crippen LogP contribution is 2.28. The zero-order chi connectivity index (χ0) is 15.2. The van der Waals surface area contributed by atoms with E-state index < -0.39 is 4.92 Å². The van der Waals surface area contributed by atoms with Crippen LogP contribution in [-0.2, 0) is 4.79 Å². The summed E-state index contributed by atoms with van der Waals surface area (Å²) >= 11 is 7.41. The van der Waals surface area contributed by atoms with E-state index in [0.717, 1.165) is 25.9 Å². The highest BCUT2D eigenvalue weighted by molar-refractivity contribution is 8.00. The summed E-state index contributed by atoms with van der Waals surface area (Å²) in [4.78, 5) is 22.3. The van der Waals surface area contributed by atoms with Crippen molar-refractivity contribution in [2.45, 2.75) is 18.1 Å². The van der Waals surface area contributed by atoms with Gasteiger partial charge in [0.15, 0.2) is 0 Å². The lowest BCUT2D eigenvalue weighted by molar-refractivity contribution is -0.383. The van der Waals surface area contributed by atoms with Gasteiger partial charge in [0.1, 0.15) is 5.69 Å². The van der Waals surface area contributed by atoms with Gasteiger partial charge in [-0.25, -0.2) is 0 Å². The summed E-state index contributed by atoms with van der Waals surface area (Å²) in [7, 11) is 0. The largest absolute Gasteiger partial charge is 0.320 e. The Morgan fingerprint density at radius 3 is 2.86 bits per heavy atom. The first-order valence-corrected chi connectivity index (χ1v) is 8.05. The second-order valence-corrected chi connectivity index (χ2v) is 6.45. The number of piperidine rings is 1. The number of amides is 1. The van der Waals surface area contributed by atoms with Crippen LogP contribution in [0, 0.1) is 10.1 Å². The van der Waals surface area contributed by atoms with Gasteiger partial charge < -0.3 is 10.6 Å². The summed E-state index contributed by atoms with van der Waals surface area (Å²) in [5.74, 6) is 0.0397. The highest BCUT2D eigenvalue weighted by Gasteiger charge is 2.18. The second kappa shape index (κ2) is 7.63. The summed E-state index contributed by atoms with van der Waals surface area (Å²) in [5, 5.41) is 17.6. The Bertz CT molecular complexity index is 535. The van der Waals surface area contributed by atoms with Gasteiger partial charge in [0.25, 0.3) is 5.69 Å². The first kappa shape index (κ1) is 16.1. The normalized spacial score (nSPS) is 15.7. The fourth-order valence-corrected chi connectivity index (χ4v) is 3.31. The van der Waals surface area contributed by atoms with Crippen LogP contribution in [0.3, 0.4) is 0 Å². The lowest BCUT2D eigenvalue weighted by Gasteiger charge is -2.21. The number of nitrogens with zero attached hydrogens (tertiary/aromatic N) is 1. The first-order valence-electron chi connectivity index (χ1n) is 6.62. The van der Waals surface area contributed by atoms with Gasteiger partial charge in [-0.3, -0.25) is 14.9 Å². The molecule has 0 bridgehead atoms. The van der Waals surface area contributed by atoms with E-state index in [-0.39, 0.29) is 23.0 Å². The van der Waals surface area contributed by atoms with Crippen LogP contribution in [0.2, 0.25) is 5.02 Å². The molecule has 1 aromatic carbocycles. The summed E-state index contributed by atoms with van der Waals surface area (Å²) in [6.07, 6.45) is 2.07. The number of hydrogen-bond acceptors (Lipinski definition) is 5. The molecule has 2 N–H and O–H groups in total. The van der Waals surface area contributed by atoms with Gasteiger partial charge in [-0.15, -0.1) is 11.8 Å². The van der Waals surface area contributed by atoms with Gasteiger partial charge in [-0.1, -0.05) is 11.6 Å².